The zero-order valence-electron chi connectivity index (χ0n) is 14.3. The number of nitrogens with zero attached hydrogens (tertiary/aromatic N) is 2. The van der Waals surface area contributed by atoms with Crippen molar-refractivity contribution in [1.29, 1.82) is 0 Å². The number of pyridine rings is 1. The molecule has 1 aromatic rings. The number of rotatable bonds is 3. The Morgan fingerprint density at radius 2 is 2.21 bits per heavy atom. The number of carbonyl (C=O) groups excluding carboxylic acids is 1. The van der Waals surface area contributed by atoms with E-state index in [1.165, 1.54) is 0 Å². The van der Waals surface area contributed by atoms with E-state index in [9.17, 15) is 9.59 Å². The van der Waals surface area contributed by atoms with Gasteiger partial charge in [-0.1, -0.05) is 13.0 Å². The first-order valence-corrected chi connectivity index (χ1v) is 9.21. The summed E-state index contributed by atoms with van der Waals surface area (Å²) in [6.07, 6.45) is 4.11. The summed E-state index contributed by atoms with van der Waals surface area (Å²) in [4.78, 5) is 26.9. The van der Waals surface area contributed by atoms with Gasteiger partial charge in [0.05, 0.1) is 6.10 Å². The molecule has 5 nitrogen and oxygen atoms in total. The minimum atomic E-state index is 0.0916. The molecule has 0 saturated carbocycles. The minimum absolute atomic E-state index is 0.0916. The fraction of sp³-hybridized carbons (Fsp3) is 0.684. The van der Waals surface area contributed by atoms with Crippen molar-refractivity contribution in [3.05, 3.63) is 34.2 Å². The van der Waals surface area contributed by atoms with Crippen LogP contribution >= 0.6 is 0 Å². The minimum Gasteiger partial charge on any atom is -0.378 e. The van der Waals surface area contributed by atoms with Crippen LogP contribution in [-0.4, -0.2) is 41.2 Å². The van der Waals surface area contributed by atoms with Crippen molar-refractivity contribution in [3.63, 3.8) is 0 Å². The topological polar surface area (TPSA) is 51.5 Å². The molecular formula is C19H26N2O3. The zero-order valence-corrected chi connectivity index (χ0v) is 14.3. The highest BCUT2D eigenvalue weighted by Crippen LogP contribution is 2.35. The number of fused-ring (bicyclic) bond motifs is 4. The van der Waals surface area contributed by atoms with Crippen LogP contribution in [0.5, 0.6) is 0 Å². The average molecular weight is 330 g/mol. The smallest absolute Gasteiger partial charge is 0.250 e. The Balaban J connectivity index is 1.45. The Labute approximate surface area is 142 Å². The van der Waals surface area contributed by atoms with Crippen molar-refractivity contribution in [2.45, 2.75) is 51.2 Å². The SMILES string of the molecule is CC(CC(=O)N1CC2CC(C1)c1cccc(=O)n1C2)C1CCCO1. The van der Waals surface area contributed by atoms with Crippen LogP contribution in [0.3, 0.4) is 0 Å². The van der Waals surface area contributed by atoms with Crippen molar-refractivity contribution < 1.29 is 9.53 Å². The average Bonchev–Trinajstić information content (AvgIpc) is 3.10. The van der Waals surface area contributed by atoms with Crippen LogP contribution in [0.2, 0.25) is 0 Å². The Hall–Kier alpha value is -1.62. The lowest BCUT2D eigenvalue weighted by Gasteiger charge is -2.43. The molecule has 0 N–H and O–H groups in total. The molecule has 0 spiro atoms. The van der Waals surface area contributed by atoms with Gasteiger partial charge in [-0.3, -0.25) is 9.59 Å². The monoisotopic (exact) mass is 330 g/mol. The summed E-state index contributed by atoms with van der Waals surface area (Å²) in [5.41, 5.74) is 1.19. The second-order valence-corrected chi connectivity index (χ2v) is 7.73. The Morgan fingerprint density at radius 1 is 1.33 bits per heavy atom. The first-order chi connectivity index (χ1) is 11.6. The number of piperidine rings is 1. The standard InChI is InChI=1S/C19H26N2O3/c1-13(17-5-3-7-24-17)8-19(23)20-10-14-9-15(12-20)16-4-2-6-18(22)21(16)11-14/h2,4,6,13-15,17H,3,5,7-12H2,1H3. The number of ether oxygens (including phenoxy) is 1. The number of likely N-dealkylation sites (tertiary alicyclic amines) is 1. The maximum atomic E-state index is 12.8. The first kappa shape index (κ1) is 15.9. The summed E-state index contributed by atoms with van der Waals surface area (Å²) in [6.45, 7) is 5.25. The maximum Gasteiger partial charge on any atom is 0.250 e. The first-order valence-electron chi connectivity index (χ1n) is 9.21. The maximum absolute atomic E-state index is 12.8. The van der Waals surface area contributed by atoms with Crippen molar-refractivity contribution in [3.8, 4) is 0 Å². The van der Waals surface area contributed by atoms with Crippen molar-refractivity contribution in [1.82, 2.24) is 9.47 Å². The highest BCUT2D eigenvalue weighted by Gasteiger charge is 2.37. The predicted octanol–water partition coefficient (Wildman–Crippen LogP) is 2.00. The molecule has 5 heteroatoms. The van der Waals surface area contributed by atoms with Crippen molar-refractivity contribution in [2.24, 2.45) is 11.8 Å². The van der Waals surface area contributed by atoms with Crippen LogP contribution in [0.15, 0.2) is 23.0 Å². The van der Waals surface area contributed by atoms with Crippen LogP contribution in [0.4, 0.5) is 0 Å². The van der Waals surface area contributed by atoms with E-state index in [1.54, 1.807) is 6.07 Å². The second kappa shape index (κ2) is 6.36. The zero-order chi connectivity index (χ0) is 16.7. The third kappa shape index (κ3) is 2.90. The molecule has 4 heterocycles. The third-order valence-corrected chi connectivity index (χ3v) is 5.93. The van der Waals surface area contributed by atoms with Gasteiger partial charge in [0, 0.05) is 50.3 Å². The van der Waals surface area contributed by atoms with Gasteiger partial charge in [0.15, 0.2) is 0 Å². The van der Waals surface area contributed by atoms with E-state index in [0.29, 0.717) is 18.3 Å². The Bertz CT molecular complexity index is 677. The van der Waals surface area contributed by atoms with Gasteiger partial charge in [-0.15, -0.1) is 0 Å². The second-order valence-electron chi connectivity index (χ2n) is 7.73. The number of hydrogen-bond acceptors (Lipinski definition) is 3. The largest absolute Gasteiger partial charge is 0.378 e. The molecule has 2 bridgehead atoms. The highest BCUT2D eigenvalue weighted by molar-refractivity contribution is 5.76. The van der Waals surface area contributed by atoms with Gasteiger partial charge >= 0.3 is 0 Å². The lowest BCUT2D eigenvalue weighted by atomic mass is 9.82. The Kier molecular flexibility index (Phi) is 4.21. The molecule has 1 amide bonds. The highest BCUT2D eigenvalue weighted by atomic mass is 16.5. The van der Waals surface area contributed by atoms with Gasteiger partial charge in [-0.05, 0) is 37.2 Å². The third-order valence-electron chi connectivity index (χ3n) is 5.93. The summed E-state index contributed by atoms with van der Waals surface area (Å²) in [6, 6.07) is 5.52. The number of hydrogen-bond donors (Lipinski definition) is 0. The molecule has 0 aromatic carbocycles. The van der Waals surface area contributed by atoms with Gasteiger partial charge in [0.1, 0.15) is 0 Å². The van der Waals surface area contributed by atoms with Crippen LogP contribution in [0.25, 0.3) is 0 Å². The predicted molar refractivity (Wildman–Crippen MR) is 90.9 cm³/mol. The number of aromatic nitrogens is 1. The number of carbonyl (C=O) groups is 1. The molecule has 2 fully saturated rings. The van der Waals surface area contributed by atoms with E-state index < -0.39 is 0 Å². The molecule has 24 heavy (non-hydrogen) atoms. The summed E-state index contributed by atoms with van der Waals surface area (Å²) < 4.78 is 7.64. The van der Waals surface area contributed by atoms with Gasteiger partial charge in [0.25, 0.3) is 5.56 Å². The molecule has 0 aliphatic carbocycles. The van der Waals surface area contributed by atoms with Crippen LogP contribution in [0, 0.1) is 11.8 Å². The fourth-order valence-electron chi connectivity index (χ4n) is 4.69. The molecule has 2 saturated heterocycles. The lowest BCUT2D eigenvalue weighted by Crippen LogP contribution is -2.49. The molecule has 0 radical (unpaired) electrons. The molecule has 3 aliphatic rings. The molecule has 3 aliphatic heterocycles. The van der Waals surface area contributed by atoms with Gasteiger partial charge in [-0.25, -0.2) is 0 Å². The lowest BCUT2D eigenvalue weighted by molar-refractivity contribution is -0.135. The molecule has 4 atom stereocenters. The van der Waals surface area contributed by atoms with E-state index in [2.05, 4.69) is 6.92 Å². The number of amides is 1. The van der Waals surface area contributed by atoms with E-state index in [4.69, 9.17) is 4.74 Å². The van der Waals surface area contributed by atoms with E-state index in [0.717, 1.165) is 51.2 Å². The van der Waals surface area contributed by atoms with Crippen molar-refractivity contribution >= 4 is 5.91 Å². The van der Waals surface area contributed by atoms with Gasteiger partial charge < -0.3 is 14.2 Å². The van der Waals surface area contributed by atoms with E-state index in [1.807, 2.05) is 21.6 Å². The fourth-order valence-corrected chi connectivity index (χ4v) is 4.69. The summed E-state index contributed by atoms with van der Waals surface area (Å²) in [7, 11) is 0. The summed E-state index contributed by atoms with van der Waals surface area (Å²) >= 11 is 0. The van der Waals surface area contributed by atoms with E-state index >= 15 is 0 Å². The van der Waals surface area contributed by atoms with Gasteiger partial charge in [0.2, 0.25) is 5.91 Å². The molecule has 130 valence electrons. The molecule has 4 unspecified atom stereocenters. The Morgan fingerprint density at radius 3 is 3.00 bits per heavy atom. The van der Waals surface area contributed by atoms with Gasteiger partial charge in [-0.2, -0.15) is 0 Å². The van der Waals surface area contributed by atoms with E-state index in [-0.39, 0.29) is 23.5 Å². The summed E-state index contributed by atoms with van der Waals surface area (Å²) in [5.74, 6) is 1.24. The molecule has 1 aromatic heterocycles. The van der Waals surface area contributed by atoms with Crippen LogP contribution in [0.1, 0.15) is 44.2 Å². The summed E-state index contributed by atoms with van der Waals surface area (Å²) in [5, 5.41) is 0. The normalized spacial score (nSPS) is 30.0. The van der Waals surface area contributed by atoms with Crippen molar-refractivity contribution in [2.75, 3.05) is 19.7 Å². The van der Waals surface area contributed by atoms with Crippen LogP contribution < -0.4 is 5.56 Å². The molecule has 4 rings (SSSR count). The quantitative estimate of drug-likeness (QED) is 0.852. The molecular weight excluding hydrogens is 304 g/mol. The van der Waals surface area contributed by atoms with Crippen LogP contribution in [-0.2, 0) is 16.1 Å².